The summed E-state index contributed by atoms with van der Waals surface area (Å²) in [7, 11) is 2.13. The van der Waals surface area contributed by atoms with Crippen LogP contribution in [0, 0.1) is 27.7 Å². The summed E-state index contributed by atoms with van der Waals surface area (Å²) in [5.41, 5.74) is 19.7. The van der Waals surface area contributed by atoms with E-state index >= 15 is 0 Å². The van der Waals surface area contributed by atoms with Gasteiger partial charge in [0.2, 0.25) is 0 Å². The minimum atomic E-state index is -2.27. The summed E-state index contributed by atoms with van der Waals surface area (Å²) in [6, 6.07) is 67.2. The van der Waals surface area contributed by atoms with Crippen molar-refractivity contribution in [3.8, 4) is 23.0 Å². The molecule has 13 rings (SSSR count). The molecule has 10 nitrogen and oxygen atoms in total. The van der Waals surface area contributed by atoms with E-state index in [1.807, 2.05) is 77.7 Å². The van der Waals surface area contributed by atoms with E-state index < -0.39 is 6.98 Å². The van der Waals surface area contributed by atoms with Crippen molar-refractivity contribution in [1.82, 2.24) is 0 Å². The molecule has 0 N–H and O–H groups in total. The van der Waals surface area contributed by atoms with Crippen molar-refractivity contribution in [2.24, 2.45) is 0 Å². The van der Waals surface area contributed by atoms with Crippen LogP contribution in [0.5, 0.6) is 23.0 Å². The summed E-state index contributed by atoms with van der Waals surface area (Å²) in [4.78, 5) is 17.6. The number of ether oxygens (including phenoxy) is 2. The Balaban J connectivity index is 0.743. The molecule has 4 aliphatic heterocycles. The molecule has 74 heavy (non-hydrogen) atoms. The molecule has 0 saturated carbocycles. The van der Waals surface area contributed by atoms with Gasteiger partial charge in [-0.2, -0.15) is 0 Å². The fourth-order valence-corrected chi connectivity index (χ4v) is 10.9. The van der Waals surface area contributed by atoms with Gasteiger partial charge < -0.3 is 48.7 Å². The zero-order valence-corrected chi connectivity index (χ0v) is 42.2. The first-order chi connectivity index (χ1) is 37.3. The van der Waals surface area contributed by atoms with Gasteiger partial charge in [-0.05, 0) is 171 Å². The fraction of sp³-hybridized carbons (Fsp3) is 0.156. The highest BCUT2D eigenvalue weighted by Gasteiger charge is 2.33. The number of benzene rings is 9. The molecule has 0 amide bonds. The second-order valence-electron chi connectivity index (χ2n) is 19.8. The van der Waals surface area contributed by atoms with Crippen LogP contribution in [0.25, 0.3) is 0 Å². The van der Waals surface area contributed by atoms with E-state index in [-0.39, 0.29) is 6.67 Å². The normalized spacial score (nSPS) is 15.2. The number of fused-ring (bicyclic) bond motifs is 4. The minimum Gasteiger partial charge on any atom is -0.457 e. The molecule has 9 aromatic carbocycles. The average Bonchev–Trinajstić information content (AvgIpc) is 4.23. The zero-order valence-electron chi connectivity index (χ0n) is 45.2. The Bertz CT molecular complexity index is 3750. The Hall–Kier alpha value is -9.02. The summed E-state index contributed by atoms with van der Waals surface area (Å²) in [6.45, 7) is 8.68. The zero-order chi connectivity index (χ0) is 52.7. The number of hydrogen-bond acceptors (Lipinski definition) is 10. The smallest absolute Gasteiger partial charge is 0.129 e. The Morgan fingerprint density at radius 1 is 0.297 bits per heavy atom. The number of nitrogens with zero attached hydrogens (tertiary/aromatic N) is 8. The highest BCUT2D eigenvalue weighted by molar-refractivity contribution is 5.91. The maximum Gasteiger partial charge on any atom is 0.129 e. The standard InChI is InChI=1S/C64H58N8O2/c1-43-31-61-63(33-45(43)3)71(51-17-13-21-55(37-51)73-53-19-11-15-49(35-53)67-39-65(5)57-23-7-9-25-59(57)67)41-69(61)47-27-29-48(30-28-47)70-42-72(64-34-46(4)44(2)32-62(64)70)52-18-14-22-56(38-52)74-54-20-12-16-50(36-54)68-40-66(6)58-24-8-10-26-60(58)68/h7-38H,39-42H2,1-6H3/i5D3. The molecule has 0 aromatic heterocycles. The summed E-state index contributed by atoms with van der Waals surface area (Å²) in [5, 5.41) is 0. The molecule has 0 unspecified atom stereocenters. The summed E-state index contributed by atoms with van der Waals surface area (Å²) in [6.07, 6.45) is 0. The number of aryl methyl sites for hydroxylation is 4. The number of para-hydroxylation sites is 4. The SMILES string of the molecule is [2H]C([2H])([2H])N1CN(c2cccc(Oc3cccc(N4CN(c5ccc(N6CN(c7cccc(Oc8cccc(N9CN(C)c%10ccccc%109)c8)c7)c7cc(C)c(C)cc76)cc5)c5cc(C)c(C)cc54)c3)c2)c2ccccc21. The van der Waals surface area contributed by atoms with Gasteiger partial charge in [0, 0.05) is 76.5 Å². The van der Waals surface area contributed by atoms with Crippen LogP contribution >= 0.6 is 0 Å². The van der Waals surface area contributed by atoms with Gasteiger partial charge in [-0.3, -0.25) is 0 Å². The lowest BCUT2D eigenvalue weighted by atomic mass is 10.1. The summed E-state index contributed by atoms with van der Waals surface area (Å²) < 4.78 is 37.8. The maximum absolute atomic E-state index is 8.18. The third kappa shape index (κ3) is 7.90. The molecule has 0 fully saturated rings. The first kappa shape index (κ1) is 41.6. The van der Waals surface area contributed by atoms with Crippen LogP contribution < -0.4 is 48.7 Å². The number of anilines is 14. The molecule has 0 radical (unpaired) electrons. The van der Waals surface area contributed by atoms with Gasteiger partial charge in [0.1, 0.15) is 36.3 Å². The average molecular weight is 974 g/mol. The van der Waals surface area contributed by atoms with Crippen LogP contribution in [0.4, 0.5) is 79.6 Å². The Kier molecular flexibility index (Phi) is 10.1. The van der Waals surface area contributed by atoms with Gasteiger partial charge >= 0.3 is 0 Å². The van der Waals surface area contributed by atoms with Crippen LogP contribution in [-0.4, -0.2) is 40.7 Å². The second-order valence-corrected chi connectivity index (χ2v) is 19.8. The van der Waals surface area contributed by atoms with Crippen molar-refractivity contribution < 1.29 is 13.6 Å². The van der Waals surface area contributed by atoms with Crippen molar-refractivity contribution in [2.45, 2.75) is 27.7 Å². The monoisotopic (exact) mass is 973 g/mol. The molecule has 9 aromatic rings. The van der Waals surface area contributed by atoms with E-state index in [0.29, 0.717) is 30.5 Å². The largest absolute Gasteiger partial charge is 0.457 e. The fourth-order valence-electron chi connectivity index (χ4n) is 10.9. The van der Waals surface area contributed by atoms with Gasteiger partial charge in [0.25, 0.3) is 0 Å². The third-order valence-corrected chi connectivity index (χ3v) is 15.1. The molecule has 366 valence electrons. The van der Waals surface area contributed by atoms with E-state index in [1.165, 1.54) is 38.5 Å². The molecule has 0 atom stereocenters. The number of hydrogen-bond donors (Lipinski definition) is 0. The predicted octanol–water partition coefficient (Wildman–Crippen LogP) is 16.1. The highest BCUT2D eigenvalue weighted by Crippen LogP contribution is 2.50. The van der Waals surface area contributed by atoms with Gasteiger partial charge in [0.15, 0.2) is 0 Å². The van der Waals surface area contributed by atoms with E-state index in [1.54, 1.807) is 0 Å². The van der Waals surface area contributed by atoms with Gasteiger partial charge in [0.05, 0.1) is 58.8 Å². The van der Waals surface area contributed by atoms with Gasteiger partial charge in [-0.25, -0.2) is 0 Å². The molecule has 4 aliphatic rings. The van der Waals surface area contributed by atoms with Crippen LogP contribution in [0.15, 0.2) is 194 Å². The van der Waals surface area contributed by atoms with E-state index in [9.17, 15) is 0 Å². The van der Waals surface area contributed by atoms with E-state index in [4.69, 9.17) is 13.6 Å². The molecular formula is C64H58N8O2. The van der Waals surface area contributed by atoms with Gasteiger partial charge in [-0.1, -0.05) is 48.5 Å². The van der Waals surface area contributed by atoms with Crippen LogP contribution in [0.2, 0.25) is 0 Å². The summed E-state index contributed by atoms with van der Waals surface area (Å²) >= 11 is 0. The Labute approximate surface area is 438 Å². The van der Waals surface area contributed by atoms with Gasteiger partial charge in [-0.15, -0.1) is 0 Å². The Morgan fingerprint density at radius 3 is 0.946 bits per heavy atom. The lowest BCUT2D eigenvalue weighted by Crippen LogP contribution is -2.25. The molecule has 0 spiro atoms. The minimum absolute atomic E-state index is 0.211. The topological polar surface area (TPSA) is 44.4 Å². The van der Waals surface area contributed by atoms with Crippen molar-refractivity contribution >= 4 is 79.6 Å². The quantitative estimate of drug-likeness (QED) is 0.132. The first-order valence-electron chi connectivity index (χ1n) is 26.7. The summed E-state index contributed by atoms with van der Waals surface area (Å²) in [5.74, 6) is 2.92. The van der Waals surface area contributed by atoms with Crippen molar-refractivity contribution in [3.05, 3.63) is 216 Å². The lowest BCUT2D eigenvalue weighted by molar-refractivity contribution is 0.482. The lowest BCUT2D eigenvalue weighted by Gasteiger charge is -2.25. The number of rotatable bonds is 10. The molecule has 0 aliphatic carbocycles. The third-order valence-electron chi connectivity index (χ3n) is 15.1. The molecule has 10 heteroatoms. The Morgan fingerprint density at radius 2 is 0.595 bits per heavy atom. The molecular weight excluding hydrogens is 913 g/mol. The predicted molar refractivity (Wildman–Crippen MR) is 306 cm³/mol. The van der Waals surface area contributed by atoms with Crippen LogP contribution in [0.3, 0.4) is 0 Å². The van der Waals surface area contributed by atoms with E-state index in [0.717, 1.165) is 80.7 Å². The first-order valence-corrected chi connectivity index (χ1v) is 25.2. The second kappa shape index (κ2) is 17.9. The molecule has 0 bridgehead atoms. The van der Waals surface area contributed by atoms with E-state index in [2.05, 4.69) is 185 Å². The van der Waals surface area contributed by atoms with Crippen LogP contribution in [-0.2, 0) is 0 Å². The molecule has 0 saturated heterocycles. The van der Waals surface area contributed by atoms with Crippen LogP contribution in [0.1, 0.15) is 26.4 Å². The molecule has 4 heterocycles. The van der Waals surface area contributed by atoms with Crippen molar-refractivity contribution in [3.63, 3.8) is 0 Å². The highest BCUT2D eigenvalue weighted by atomic mass is 16.5. The van der Waals surface area contributed by atoms with Crippen molar-refractivity contribution in [1.29, 1.82) is 0 Å². The van der Waals surface area contributed by atoms with Crippen molar-refractivity contribution in [2.75, 3.05) is 79.9 Å². The maximum atomic E-state index is 8.18.